The van der Waals surface area contributed by atoms with Gasteiger partial charge < -0.3 is 14.2 Å². The van der Waals surface area contributed by atoms with Gasteiger partial charge in [-0.15, -0.1) is 0 Å². The zero-order valence-electron chi connectivity index (χ0n) is 9.05. The molecule has 0 unspecified atom stereocenters. The number of nitrogens with zero attached hydrogens (tertiary/aromatic N) is 3. The third-order valence-electron chi connectivity index (χ3n) is 2.55. The average molecular weight is 223 g/mol. The quantitative estimate of drug-likeness (QED) is 0.656. The second-order valence-corrected chi connectivity index (χ2v) is 3.71. The van der Waals surface area contributed by atoms with Gasteiger partial charge in [0.1, 0.15) is 5.76 Å². The number of hydrogen-bond acceptors (Lipinski definition) is 4. The number of rotatable bonds is 2. The van der Waals surface area contributed by atoms with E-state index < -0.39 is 0 Å². The summed E-state index contributed by atoms with van der Waals surface area (Å²) in [6, 6.07) is 0. The molecule has 2 rings (SSSR count). The molecule has 1 aromatic heterocycles. The second-order valence-electron chi connectivity index (χ2n) is 3.71. The molecule has 6 nitrogen and oxygen atoms in total. The zero-order valence-corrected chi connectivity index (χ0v) is 9.05. The summed E-state index contributed by atoms with van der Waals surface area (Å²) in [6.45, 7) is 3.93. The number of oxazole rings is 1. The monoisotopic (exact) mass is 223 g/mol. The van der Waals surface area contributed by atoms with Gasteiger partial charge in [0.2, 0.25) is 6.41 Å². The number of aromatic nitrogens is 1. The van der Waals surface area contributed by atoms with E-state index in [0.717, 1.165) is 6.41 Å². The highest BCUT2D eigenvalue weighted by Gasteiger charge is 2.24. The predicted molar refractivity (Wildman–Crippen MR) is 54.8 cm³/mol. The molecule has 86 valence electrons. The van der Waals surface area contributed by atoms with Crippen LogP contribution in [0.15, 0.2) is 10.6 Å². The van der Waals surface area contributed by atoms with E-state index in [1.807, 2.05) is 0 Å². The van der Waals surface area contributed by atoms with Crippen molar-refractivity contribution in [3.8, 4) is 0 Å². The average Bonchev–Trinajstić information content (AvgIpc) is 2.75. The molecule has 0 saturated carbocycles. The van der Waals surface area contributed by atoms with Crippen LogP contribution in [0.2, 0.25) is 0 Å². The first kappa shape index (κ1) is 10.7. The maximum Gasteiger partial charge on any atom is 0.309 e. The van der Waals surface area contributed by atoms with Gasteiger partial charge in [-0.25, -0.2) is 4.98 Å². The van der Waals surface area contributed by atoms with Crippen LogP contribution >= 0.6 is 0 Å². The van der Waals surface area contributed by atoms with Gasteiger partial charge in [-0.1, -0.05) is 0 Å². The van der Waals surface area contributed by atoms with Crippen LogP contribution in [0, 0.1) is 6.92 Å². The van der Waals surface area contributed by atoms with E-state index in [0.29, 0.717) is 31.9 Å². The Labute approximate surface area is 92.8 Å². The molecule has 2 amide bonds. The van der Waals surface area contributed by atoms with E-state index in [1.165, 1.54) is 6.20 Å². The number of aryl methyl sites for hydroxylation is 1. The Bertz CT molecular complexity index is 394. The third-order valence-corrected chi connectivity index (χ3v) is 2.55. The summed E-state index contributed by atoms with van der Waals surface area (Å²) < 4.78 is 5.17. The molecule has 0 bridgehead atoms. The van der Waals surface area contributed by atoms with E-state index in [-0.39, 0.29) is 11.8 Å². The van der Waals surface area contributed by atoms with Crippen molar-refractivity contribution < 1.29 is 14.0 Å². The van der Waals surface area contributed by atoms with Crippen molar-refractivity contribution in [2.75, 3.05) is 26.2 Å². The fourth-order valence-electron chi connectivity index (χ4n) is 1.62. The van der Waals surface area contributed by atoms with Crippen LogP contribution in [0.25, 0.3) is 0 Å². The Balaban J connectivity index is 1.99. The summed E-state index contributed by atoms with van der Waals surface area (Å²) in [5.74, 6) is 0.533. The Morgan fingerprint density at radius 1 is 1.44 bits per heavy atom. The van der Waals surface area contributed by atoms with Crippen molar-refractivity contribution in [1.82, 2.24) is 14.8 Å². The fraction of sp³-hybridized carbons (Fsp3) is 0.500. The van der Waals surface area contributed by atoms with Gasteiger partial charge in [0, 0.05) is 26.2 Å². The van der Waals surface area contributed by atoms with Gasteiger partial charge in [-0.05, 0) is 6.92 Å². The molecule has 0 atom stereocenters. The summed E-state index contributed by atoms with van der Waals surface area (Å²) in [5, 5.41) is 0. The zero-order chi connectivity index (χ0) is 11.5. The van der Waals surface area contributed by atoms with E-state index in [2.05, 4.69) is 4.98 Å². The molecule has 2 heterocycles. The highest BCUT2D eigenvalue weighted by atomic mass is 16.4. The first-order valence-electron chi connectivity index (χ1n) is 5.12. The Morgan fingerprint density at radius 2 is 2.12 bits per heavy atom. The number of amides is 2. The minimum atomic E-state index is -0.210. The summed E-state index contributed by atoms with van der Waals surface area (Å²) >= 11 is 0. The lowest BCUT2D eigenvalue weighted by molar-refractivity contribution is -0.119. The molecule has 16 heavy (non-hydrogen) atoms. The molecule has 0 N–H and O–H groups in total. The summed E-state index contributed by atoms with van der Waals surface area (Å²) in [7, 11) is 0. The van der Waals surface area contributed by atoms with Crippen LogP contribution in [0.1, 0.15) is 16.4 Å². The minimum Gasteiger partial charge on any atom is -0.438 e. The second kappa shape index (κ2) is 4.34. The molecule has 1 aromatic rings. The molecular weight excluding hydrogens is 210 g/mol. The van der Waals surface area contributed by atoms with Gasteiger partial charge in [0.15, 0.2) is 0 Å². The maximum absolute atomic E-state index is 11.9. The Hall–Kier alpha value is -1.85. The number of carbonyl (C=O) groups excluding carboxylic acids is 2. The van der Waals surface area contributed by atoms with Gasteiger partial charge >= 0.3 is 5.91 Å². The lowest BCUT2D eigenvalue weighted by Gasteiger charge is -2.31. The van der Waals surface area contributed by atoms with Gasteiger partial charge in [0.05, 0.1) is 6.20 Å². The Morgan fingerprint density at radius 3 is 2.62 bits per heavy atom. The number of hydrogen-bond donors (Lipinski definition) is 0. The molecule has 1 aliphatic rings. The van der Waals surface area contributed by atoms with E-state index in [1.54, 1.807) is 16.7 Å². The fourth-order valence-corrected chi connectivity index (χ4v) is 1.62. The molecule has 1 saturated heterocycles. The molecule has 1 aliphatic heterocycles. The lowest BCUT2D eigenvalue weighted by Crippen LogP contribution is -2.48. The van der Waals surface area contributed by atoms with Crippen LogP contribution in [-0.2, 0) is 4.79 Å². The standard InChI is InChI=1S/C10H13N3O3/c1-8-6-11-9(16-8)10(15)13-4-2-12(7-14)3-5-13/h6-7H,2-5H2,1H3. The highest BCUT2D eigenvalue weighted by Crippen LogP contribution is 2.08. The van der Waals surface area contributed by atoms with Gasteiger partial charge in [-0.2, -0.15) is 0 Å². The van der Waals surface area contributed by atoms with Crippen LogP contribution < -0.4 is 0 Å². The maximum atomic E-state index is 11.9. The van der Waals surface area contributed by atoms with Crippen molar-refractivity contribution in [1.29, 1.82) is 0 Å². The third kappa shape index (κ3) is 2.05. The van der Waals surface area contributed by atoms with Crippen molar-refractivity contribution in [2.24, 2.45) is 0 Å². The van der Waals surface area contributed by atoms with Crippen LogP contribution in [0.4, 0.5) is 0 Å². The van der Waals surface area contributed by atoms with Crippen molar-refractivity contribution in [3.63, 3.8) is 0 Å². The SMILES string of the molecule is Cc1cnc(C(=O)N2CCN(C=O)CC2)o1. The van der Waals surface area contributed by atoms with Crippen molar-refractivity contribution >= 4 is 12.3 Å². The smallest absolute Gasteiger partial charge is 0.309 e. The molecular formula is C10H13N3O3. The molecule has 6 heteroatoms. The van der Waals surface area contributed by atoms with E-state index >= 15 is 0 Å². The topological polar surface area (TPSA) is 66.7 Å². The largest absolute Gasteiger partial charge is 0.438 e. The normalized spacial score (nSPS) is 16.3. The van der Waals surface area contributed by atoms with Crippen LogP contribution in [0.3, 0.4) is 0 Å². The lowest BCUT2D eigenvalue weighted by atomic mass is 10.3. The first-order chi connectivity index (χ1) is 7.70. The van der Waals surface area contributed by atoms with E-state index in [9.17, 15) is 9.59 Å². The summed E-state index contributed by atoms with van der Waals surface area (Å²) in [4.78, 5) is 29.5. The van der Waals surface area contributed by atoms with Gasteiger partial charge in [0.25, 0.3) is 5.89 Å². The molecule has 0 aliphatic carbocycles. The minimum absolute atomic E-state index is 0.122. The first-order valence-corrected chi connectivity index (χ1v) is 5.12. The molecule has 1 fully saturated rings. The Kier molecular flexibility index (Phi) is 2.89. The van der Waals surface area contributed by atoms with Gasteiger partial charge in [-0.3, -0.25) is 9.59 Å². The van der Waals surface area contributed by atoms with Crippen LogP contribution in [-0.4, -0.2) is 53.3 Å². The molecule has 0 aromatic carbocycles. The summed E-state index contributed by atoms with van der Waals surface area (Å²) in [5.41, 5.74) is 0. The molecule has 0 radical (unpaired) electrons. The number of piperazine rings is 1. The van der Waals surface area contributed by atoms with Crippen molar-refractivity contribution in [2.45, 2.75) is 6.92 Å². The number of carbonyl (C=O) groups is 2. The molecule has 0 spiro atoms. The van der Waals surface area contributed by atoms with Crippen LogP contribution in [0.5, 0.6) is 0 Å². The van der Waals surface area contributed by atoms with Crippen molar-refractivity contribution in [3.05, 3.63) is 17.8 Å². The highest BCUT2D eigenvalue weighted by molar-refractivity contribution is 5.89. The van der Waals surface area contributed by atoms with E-state index in [4.69, 9.17) is 4.42 Å². The predicted octanol–water partition coefficient (Wildman–Crippen LogP) is -0.103. The summed E-state index contributed by atoms with van der Waals surface area (Å²) in [6.07, 6.45) is 2.33.